The lowest BCUT2D eigenvalue weighted by atomic mass is 9.55. The van der Waals surface area contributed by atoms with Crippen molar-refractivity contribution in [2.45, 2.75) is 88.8 Å². The molecule has 13 heteroatoms. The lowest BCUT2D eigenvalue weighted by molar-refractivity contribution is -0.263. The lowest BCUT2D eigenvalue weighted by Gasteiger charge is -2.57. The number of carbonyl (C=O) groups is 4. The molecule has 0 saturated carbocycles. The topological polar surface area (TPSA) is 198 Å². The minimum atomic E-state index is -2.68. The minimum Gasteiger partial charge on any atom is -0.507 e. The van der Waals surface area contributed by atoms with Crippen molar-refractivity contribution in [2.24, 2.45) is 5.92 Å². The number of hydrogen-bond acceptors (Lipinski definition) is 12. The zero-order chi connectivity index (χ0) is 39.7. The summed E-state index contributed by atoms with van der Waals surface area (Å²) in [5, 5.41) is 53.4. The number of Topliss-reactive ketones (excluding diaryl/α,β-unsaturated/α-hetero) is 3. The third kappa shape index (κ3) is 4.62. The van der Waals surface area contributed by atoms with E-state index in [-0.39, 0.29) is 51.3 Å². The van der Waals surface area contributed by atoms with Crippen molar-refractivity contribution < 1.29 is 58.6 Å². The number of ketones is 3. The molecule has 1 amide bonds. The standard InChI is InChI=1S/C43H39NO12/c1-17-13-26-31(19(3)53-17)38(48)33-29(46)16-30-36(34(33)37(26)47)42(52)27-14-23(55-41(51)44-18(2)24-12-8-10-22-9-6-7-11-25(22)24)15-28(45)32(27)39(49)35-20(4)54-21(5)40(50)43(35,42)56-30/h6-12,14-21,35,40,45-46,50,52H,13H2,1-5H3,(H,44,51)/t17-,18+,19-,20-,21-,35-,40-,42+,43+/m1/s1. The molecule has 5 N–H and O–H groups in total. The molecule has 288 valence electrons. The summed E-state index contributed by atoms with van der Waals surface area (Å²) in [6, 6.07) is 16.2. The molecule has 1 fully saturated rings. The SMILES string of the molecule is C[C@@H]1CC2=C(C(=O)c3c(O)cc4c(c3C2=O)[C@@]2(O)c3cc(OC(=O)N[C@@H](C)c5cccc6ccccc56)cc(O)c3C(=O)[C@H]3[C@@H](C)O[C@H](C)[C@@H](O)[C@@]32O4)[C@@H](C)O1. The Labute approximate surface area is 320 Å². The van der Waals surface area contributed by atoms with Crippen molar-refractivity contribution in [3.63, 3.8) is 0 Å². The fourth-order valence-electron chi connectivity index (χ4n) is 9.99. The summed E-state index contributed by atoms with van der Waals surface area (Å²) in [6.07, 6.45) is -5.89. The maximum absolute atomic E-state index is 14.7. The molecule has 5 aliphatic rings. The van der Waals surface area contributed by atoms with Gasteiger partial charge in [0.05, 0.1) is 47.5 Å². The van der Waals surface area contributed by atoms with Crippen LogP contribution in [0.3, 0.4) is 0 Å². The molecule has 0 radical (unpaired) electrons. The van der Waals surface area contributed by atoms with Crippen LogP contribution in [-0.2, 0) is 15.1 Å². The molecule has 4 aromatic rings. The predicted molar refractivity (Wildman–Crippen MR) is 198 cm³/mol. The molecule has 1 saturated heterocycles. The van der Waals surface area contributed by atoms with Gasteiger partial charge in [-0.15, -0.1) is 0 Å². The van der Waals surface area contributed by atoms with E-state index in [2.05, 4.69) is 5.32 Å². The number of hydrogen-bond donors (Lipinski definition) is 5. The van der Waals surface area contributed by atoms with Crippen LogP contribution >= 0.6 is 0 Å². The number of phenolic OH excluding ortho intramolecular Hbond substituents is 2. The Morgan fingerprint density at radius 1 is 0.893 bits per heavy atom. The average molecular weight is 762 g/mol. The van der Waals surface area contributed by atoms with Gasteiger partial charge in [-0.3, -0.25) is 14.4 Å². The van der Waals surface area contributed by atoms with Gasteiger partial charge in [0.25, 0.3) is 0 Å². The Bertz CT molecular complexity index is 2480. The van der Waals surface area contributed by atoms with E-state index < -0.39 is 94.2 Å². The fourth-order valence-corrected chi connectivity index (χ4v) is 9.99. The summed E-state index contributed by atoms with van der Waals surface area (Å²) < 4.78 is 24.1. The van der Waals surface area contributed by atoms with E-state index in [1.165, 1.54) is 13.0 Å². The number of amides is 1. The highest BCUT2D eigenvalue weighted by Gasteiger charge is 2.77. The first-order valence-corrected chi connectivity index (χ1v) is 18.6. The molecule has 0 unspecified atom stereocenters. The third-order valence-corrected chi connectivity index (χ3v) is 12.2. The van der Waals surface area contributed by atoms with E-state index in [0.29, 0.717) is 0 Å². The second kappa shape index (κ2) is 12.2. The van der Waals surface area contributed by atoms with Gasteiger partial charge in [-0.05, 0) is 57.0 Å². The summed E-state index contributed by atoms with van der Waals surface area (Å²) in [5.74, 6) is -5.43. The van der Waals surface area contributed by atoms with Crippen LogP contribution in [0.4, 0.5) is 4.79 Å². The normalized spacial score (nSPS) is 30.7. The number of fused-ring (bicyclic) bond motifs is 7. The van der Waals surface area contributed by atoms with Crippen molar-refractivity contribution >= 4 is 34.2 Å². The molecule has 9 atom stereocenters. The van der Waals surface area contributed by atoms with Crippen LogP contribution in [0.15, 0.2) is 71.8 Å². The van der Waals surface area contributed by atoms with Crippen molar-refractivity contribution in [3.8, 4) is 23.0 Å². The summed E-state index contributed by atoms with van der Waals surface area (Å²) >= 11 is 0. The Morgan fingerprint density at radius 3 is 2.38 bits per heavy atom. The molecule has 0 bridgehead atoms. The smallest absolute Gasteiger partial charge is 0.413 e. The van der Waals surface area contributed by atoms with E-state index in [0.717, 1.165) is 28.5 Å². The summed E-state index contributed by atoms with van der Waals surface area (Å²) in [6.45, 7) is 8.25. The van der Waals surface area contributed by atoms with E-state index >= 15 is 0 Å². The van der Waals surface area contributed by atoms with Crippen molar-refractivity contribution in [3.05, 3.63) is 105 Å². The molecular weight excluding hydrogens is 722 g/mol. The maximum atomic E-state index is 14.7. The molecule has 4 aromatic carbocycles. The van der Waals surface area contributed by atoms with Gasteiger partial charge in [0.2, 0.25) is 0 Å². The number of aliphatic hydroxyl groups excluding tert-OH is 1. The predicted octanol–water partition coefficient (Wildman–Crippen LogP) is 5.32. The Morgan fingerprint density at radius 2 is 1.61 bits per heavy atom. The molecular formula is C43H39NO12. The van der Waals surface area contributed by atoms with Gasteiger partial charge in [-0.2, -0.15) is 0 Å². The number of aromatic hydroxyl groups is 2. The van der Waals surface area contributed by atoms with E-state index in [9.17, 15) is 39.6 Å². The van der Waals surface area contributed by atoms with Crippen molar-refractivity contribution in [2.75, 3.05) is 0 Å². The van der Waals surface area contributed by atoms with Gasteiger partial charge in [-0.1, -0.05) is 42.5 Å². The van der Waals surface area contributed by atoms with Gasteiger partial charge in [-0.25, -0.2) is 4.79 Å². The van der Waals surface area contributed by atoms with Gasteiger partial charge >= 0.3 is 6.09 Å². The van der Waals surface area contributed by atoms with Crippen molar-refractivity contribution in [1.29, 1.82) is 0 Å². The van der Waals surface area contributed by atoms with Gasteiger partial charge in [0, 0.05) is 46.4 Å². The monoisotopic (exact) mass is 761 g/mol. The first-order chi connectivity index (χ1) is 26.6. The average Bonchev–Trinajstić information content (AvgIpc) is 3.40. The molecule has 1 spiro atoms. The number of rotatable bonds is 3. The molecule has 0 aromatic heterocycles. The number of phenols is 2. The number of ether oxygens (including phenoxy) is 4. The van der Waals surface area contributed by atoms with Crippen LogP contribution in [0, 0.1) is 5.92 Å². The summed E-state index contributed by atoms with van der Waals surface area (Å²) in [7, 11) is 0. The maximum Gasteiger partial charge on any atom is 0.413 e. The second-order valence-electron chi connectivity index (χ2n) is 15.5. The molecule has 13 nitrogen and oxygen atoms in total. The van der Waals surface area contributed by atoms with E-state index in [4.69, 9.17) is 18.9 Å². The zero-order valence-electron chi connectivity index (χ0n) is 31.1. The Balaban J connectivity index is 1.22. The van der Waals surface area contributed by atoms with Gasteiger partial charge in [0.1, 0.15) is 29.1 Å². The number of nitrogens with one attached hydrogen (secondary N) is 1. The first kappa shape index (κ1) is 36.1. The Hall–Kier alpha value is -5.60. The number of aliphatic hydroxyl groups is 2. The zero-order valence-corrected chi connectivity index (χ0v) is 31.1. The fraction of sp³-hybridized carbons (Fsp3) is 0.349. The largest absolute Gasteiger partial charge is 0.507 e. The lowest BCUT2D eigenvalue weighted by Crippen LogP contribution is -2.75. The molecule has 3 aliphatic heterocycles. The van der Waals surface area contributed by atoms with Crippen LogP contribution in [-0.4, -0.2) is 80.0 Å². The highest BCUT2D eigenvalue weighted by molar-refractivity contribution is 6.29. The minimum absolute atomic E-state index is 0.0614. The first-order valence-electron chi connectivity index (χ1n) is 18.6. The quantitative estimate of drug-likeness (QED) is 0.180. The molecule has 9 rings (SSSR count). The Kier molecular flexibility index (Phi) is 7.86. The van der Waals surface area contributed by atoms with Crippen LogP contribution in [0.2, 0.25) is 0 Å². The van der Waals surface area contributed by atoms with Gasteiger partial charge in [0.15, 0.2) is 28.6 Å². The van der Waals surface area contributed by atoms with E-state index in [1.807, 2.05) is 42.5 Å². The van der Waals surface area contributed by atoms with Crippen molar-refractivity contribution in [1.82, 2.24) is 5.32 Å². The van der Waals surface area contributed by atoms with Crippen LogP contribution in [0.5, 0.6) is 23.0 Å². The number of benzene rings is 4. The van der Waals surface area contributed by atoms with Crippen LogP contribution in [0.25, 0.3) is 10.8 Å². The highest BCUT2D eigenvalue weighted by atomic mass is 16.6. The second-order valence-corrected chi connectivity index (χ2v) is 15.5. The summed E-state index contributed by atoms with van der Waals surface area (Å²) in [5.41, 5.74) is -5.74. The van der Waals surface area contributed by atoms with E-state index in [1.54, 1.807) is 27.7 Å². The van der Waals surface area contributed by atoms with Crippen LogP contribution in [0.1, 0.15) is 94.8 Å². The summed E-state index contributed by atoms with van der Waals surface area (Å²) in [4.78, 5) is 57.0. The molecule has 3 heterocycles. The van der Waals surface area contributed by atoms with Gasteiger partial charge < -0.3 is 44.7 Å². The number of carbonyl (C=O) groups excluding carboxylic acids is 4. The molecule has 2 aliphatic carbocycles. The third-order valence-electron chi connectivity index (χ3n) is 12.2. The van der Waals surface area contributed by atoms with Crippen LogP contribution < -0.4 is 14.8 Å². The molecule has 56 heavy (non-hydrogen) atoms. The highest BCUT2D eigenvalue weighted by Crippen LogP contribution is 2.65.